The lowest BCUT2D eigenvalue weighted by Gasteiger charge is -2.21. The van der Waals surface area contributed by atoms with E-state index in [1.807, 2.05) is 45.8 Å². The highest BCUT2D eigenvalue weighted by Gasteiger charge is 2.25. The molecular formula is C21H14N4O2. The van der Waals surface area contributed by atoms with E-state index in [1.54, 1.807) is 24.3 Å². The van der Waals surface area contributed by atoms with E-state index in [-0.39, 0.29) is 0 Å². The lowest BCUT2D eigenvalue weighted by molar-refractivity contribution is -0.145. The minimum Gasteiger partial charge on any atom is -0.466 e. The maximum Gasteiger partial charge on any atom is 0.350 e. The first-order valence-corrected chi connectivity index (χ1v) is 8.25. The number of hydrogen-bond acceptors (Lipinski definition) is 4. The van der Waals surface area contributed by atoms with Crippen LogP contribution in [0.4, 0.5) is 0 Å². The van der Waals surface area contributed by atoms with Gasteiger partial charge < -0.3 is 13.9 Å². The third kappa shape index (κ3) is 2.61. The zero-order chi connectivity index (χ0) is 19.0. The van der Waals surface area contributed by atoms with E-state index < -0.39 is 12.1 Å². The van der Waals surface area contributed by atoms with Gasteiger partial charge in [-0.1, -0.05) is 0 Å². The Morgan fingerprint density at radius 1 is 0.889 bits per heavy atom. The van der Waals surface area contributed by atoms with Gasteiger partial charge in [-0.15, -0.1) is 0 Å². The molecule has 0 N–H and O–H groups in total. The predicted molar refractivity (Wildman–Crippen MR) is 99.8 cm³/mol. The van der Waals surface area contributed by atoms with E-state index in [2.05, 4.69) is 12.1 Å². The van der Waals surface area contributed by atoms with Crippen molar-refractivity contribution in [3.05, 3.63) is 72.1 Å². The summed E-state index contributed by atoms with van der Waals surface area (Å²) in [4.78, 5) is 12.7. The zero-order valence-corrected chi connectivity index (χ0v) is 14.5. The number of carbonyl (C=O) groups is 1. The highest BCUT2D eigenvalue weighted by atomic mass is 16.5. The summed E-state index contributed by atoms with van der Waals surface area (Å²) in [7, 11) is 1.36. The average Bonchev–Trinajstić information content (AvgIpc) is 3.32. The highest BCUT2D eigenvalue weighted by molar-refractivity contribution is 5.87. The van der Waals surface area contributed by atoms with Crippen LogP contribution >= 0.6 is 0 Å². The molecule has 27 heavy (non-hydrogen) atoms. The normalized spacial score (nSPS) is 10.8. The van der Waals surface area contributed by atoms with Gasteiger partial charge in [0.2, 0.25) is 6.17 Å². The summed E-state index contributed by atoms with van der Waals surface area (Å²) in [6, 6.07) is 18.6. The van der Waals surface area contributed by atoms with Crippen LogP contribution in [-0.2, 0) is 9.53 Å². The molecule has 0 saturated carbocycles. The number of ether oxygens (including phenoxy) is 1. The zero-order valence-electron chi connectivity index (χ0n) is 14.5. The molecule has 4 rings (SSSR count). The van der Waals surface area contributed by atoms with Crippen LogP contribution in [0, 0.1) is 22.7 Å². The molecule has 2 heterocycles. The fourth-order valence-corrected chi connectivity index (χ4v) is 3.36. The Bertz CT molecular complexity index is 1180. The van der Waals surface area contributed by atoms with Crippen LogP contribution in [0.15, 0.2) is 60.9 Å². The van der Waals surface area contributed by atoms with Gasteiger partial charge in [0, 0.05) is 23.2 Å². The van der Waals surface area contributed by atoms with E-state index in [1.165, 1.54) is 7.11 Å². The van der Waals surface area contributed by atoms with Gasteiger partial charge in [0.05, 0.1) is 41.4 Å². The van der Waals surface area contributed by atoms with Crippen molar-refractivity contribution in [2.45, 2.75) is 6.17 Å². The third-order valence-corrected chi connectivity index (χ3v) is 4.64. The number of methoxy groups -OCH3 is 1. The first-order chi connectivity index (χ1) is 13.2. The van der Waals surface area contributed by atoms with Gasteiger partial charge in [0.1, 0.15) is 0 Å². The van der Waals surface area contributed by atoms with E-state index in [9.17, 15) is 4.79 Å². The number of hydrogen-bond donors (Lipinski definition) is 0. The second kappa shape index (κ2) is 6.36. The molecule has 0 aliphatic rings. The minimum atomic E-state index is -0.745. The van der Waals surface area contributed by atoms with Crippen molar-refractivity contribution >= 4 is 27.8 Å². The van der Waals surface area contributed by atoms with Crippen molar-refractivity contribution in [1.29, 1.82) is 10.5 Å². The molecule has 0 unspecified atom stereocenters. The standard InChI is InChI=1S/C21H14N4O2/c1-27-21(26)20(24-8-6-16-10-14(12-22)2-4-18(16)24)25-9-7-17-11-15(13-23)3-5-19(17)25/h2-11,20H,1H3. The highest BCUT2D eigenvalue weighted by Crippen LogP contribution is 2.27. The topological polar surface area (TPSA) is 83.7 Å². The Morgan fingerprint density at radius 2 is 1.37 bits per heavy atom. The SMILES string of the molecule is COC(=O)C(n1ccc2cc(C#N)ccc21)n1ccc2cc(C#N)ccc21. The van der Waals surface area contributed by atoms with E-state index in [0.717, 1.165) is 21.8 Å². The number of esters is 1. The van der Waals surface area contributed by atoms with Gasteiger partial charge in [-0.25, -0.2) is 4.79 Å². The van der Waals surface area contributed by atoms with E-state index >= 15 is 0 Å². The maximum absolute atomic E-state index is 12.7. The number of nitriles is 2. The van der Waals surface area contributed by atoms with Crippen LogP contribution < -0.4 is 0 Å². The number of nitrogens with zero attached hydrogens (tertiary/aromatic N) is 4. The lowest BCUT2D eigenvalue weighted by atomic mass is 10.2. The van der Waals surface area contributed by atoms with Crippen LogP contribution in [-0.4, -0.2) is 22.2 Å². The molecule has 0 spiro atoms. The number of aromatic nitrogens is 2. The maximum atomic E-state index is 12.7. The lowest BCUT2D eigenvalue weighted by Crippen LogP contribution is -2.26. The molecule has 6 heteroatoms. The number of benzene rings is 2. The summed E-state index contributed by atoms with van der Waals surface area (Å²) in [5.41, 5.74) is 2.76. The second-order valence-electron chi connectivity index (χ2n) is 6.11. The first kappa shape index (κ1) is 16.4. The summed E-state index contributed by atoms with van der Waals surface area (Å²) in [6.45, 7) is 0. The molecule has 0 amide bonds. The smallest absolute Gasteiger partial charge is 0.350 e. The molecular weight excluding hydrogens is 340 g/mol. The van der Waals surface area contributed by atoms with Gasteiger partial charge in [-0.3, -0.25) is 0 Å². The summed E-state index contributed by atoms with van der Waals surface area (Å²) in [5.74, 6) is -0.418. The third-order valence-electron chi connectivity index (χ3n) is 4.64. The van der Waals surface area contributed by atoms with Crippen molar-refractivity contribution in [2.75, 3.05) is 7.11 Å². The van der Waals surface area contributed by atoms with Crippen molar-refractivity contribution < 1.29 is 9.53 Å². The van der Waals surface area contributed by atoms with Gasteiger partial charge >= 0.3 is 5.97 Å². The number of rotatable bonds is 3. The minimum absolute atomic E-state index is 0.418. The average molecular weight is 354 g/mol. The molecule has 0 atom stereocenters. The fraction of sp³-hybridized carbons (Fsp3) is 0.0952. The van der Waals surface area contributed by atoms with Gasteiger partial charge in [0.15, 0.2) is 0 Å². The van der Waals surface area contributed by atoms with E-state index in [0.29, 0.717) is 11.1 Å². The summed E-state index contributed by atoms with van der Waals surface area (Å²) >= 11 is 0. The second-order valence-corrected chi connectivity index (χ2v) is 6.11. The molecule has 0 aliphatic carbocycles. The van der Waals surface area contributed by atoms with Crippen LogP contribution in [0.3, 0.4) is 0 Å². The van der Waals surface area contributed by atoms with Crippen molar-refractivity contribution in [2.24, 2.45) is 0 Å². The molecule has 4 aromatic rings. The van der Waals surface area contributed by atoms with Gasteiger partial charge in [-0.05, 0) is 48.5 Å². The van der Waals surface area contributed by atoms with Crippen LogP contribution in [0.25, 0.3) is 21.8 Å². The van der Waals surface area contributed by atoms with Crippen LogP contribution in [0.1, 0.15) is 17.3 Å². The molecule has 0 radical (unpaired) electrons. The quantitative estimate of drug-likeness (QED) is 0.527. The van der Waals surface area contributed by atoms with Crippen molar-refractivity contribution in [3.8, 4) is 12.1 Å². The molecule has 2 aromatic heterocycles. The largest absolute Gasteiger partial charge is 0.466 e. The van der Waals surface area contributed by atoms with Gasteiger partial charge in [0.25, 0.3) is 0 Å². The molecule has 6 nitrogen and oxygen atoms in total. The number of carbonyl (C=O) groups excluding carboxylic acids is 1. The van der Waals surface area contributed by atoms with Crippen LogP contribution in [0.2, 0.25) is 0 Å². The molecule has 0 saturated heterocycles. The predicted octanol–water partition coefficient (Wildman–Crippen LogP) is 3.56. The molecule has 0 aliphatic heterocycles. The van der Waals surface area contributed by atoms with Gasteiger partial charge in [-0.2, -0.15) is 10.5 Å². The summed E-state index contributed by atoms with van der Waals surface area (Å²) in [6.07, 6.45) is 2.87. The van der Waals surface area contributed by atoms with Crippen molar-refractivity contribution in [1.82, 2.24) is 9.13 Å². The number of fused-ring (bicyclic) bond motifs is 2. The Morgan fingerprint density at radius 3 is 1.78 bits per heavy atom. The van der Waals surface area contributed by atoms with Crippen molar-refractivity contribution in [3.63, 3.8) is 0 Å². The molecule has 0 fully saturated rings. The Balaban J connectivity index is 1.93. The fourth-order valence-electron chi connectivity index (χ4n) is 3.36. The Hall–Kier alpha value is -4.03. The molecule has 0 bridgehead atoms. The first-order valence-electron chi connectivity index (χ1n) is 8.25. The summed E-state index contributed by atoms with van der Waals surface area (Å²) in [5, 5.41) is 19.9. The monoisotopic (exact) mass is 354 g/mol. The van der Waals surface area contributed by atoms with E-state index in [4.69, 9.17) is 15.3 Å². The van der Waals surface area contributed by atoms with Crippen LogP contribution in [0.5, 0.6) is 0 Å². The Labute approximate surface area is 155 Å². The molecule has 2 aromatic carbocycles. The Kier molecular flexibility index (Phi) is 3.87. The summed E-state index contributed by atoms with van der Waals surface area (Å²) < 4.78 is 8.70. The molecule has 130 valence electrons.